The first kappa shape index (κ1) is 23.8. The summed E-state index contributed by atoms with van der Waals surface area (Å²) in [6.45, 7) is 0. The summed E-state index contributed by atoms with van der Waals surface area (Å²) in [5.41, 5.74) is 9.09. The molecule has 0 radical (unpaired) electrons. The number of benzene rings is 2. The Balaban J connectivity index is 1.22. The minimum Gasteiger partial charge on any atom is -0.398 e. The van der Waals surface area contributed by atoms with Gasteiger partial charge in [-0.05, 0) is 75.9 Å². The third-order valence-electron chi connectivity index (χ3n) is 7.70. The lowest BCUT2D eigenvalue weighted by Crippen LogP contribution is -2.29. The van der Waals surface area contributed by atoms with Crippen LogP contribution in [0.4, 0.5) is 18.9 Å². The molecule has 12 heteroatoms. The zero-order valence-corrected chi connectivity index (χ0v) is 20.9. The quantitative estimate of drug-likeness (QED) is 0.348. The SMILES string of the molecule is Nc1ccc(C2=CN=C([C@@H]3[C@H]4C[C@H]4c4cc(-c5cc(Cl)ccc5-n5cnnn5)cc(=O)n43)C2)cc1C(F)(F)F. The maximum Gasteiger partial charge on any atom is 0.418 e. The van der Waals surface area contributed by atoms with Gasteiger partial charge in [0.25, 0.3) is 5.56 Å². The Labute approximate surface area is 224 Å². The number of pyridine rings is 1. The summed E-state index contributed by atoms with van der Waals surface area (Å²) in [6, 6.07) is 12.5. The molecule has 0 spiro atoms. The van der Waals surface area contributed by atoms with Crippen molar-refractivity contribution in [3.63, 3.8) is 0 Å². The number of rotatable bonds is 4. The summed E-state index contributed by atoms with van der Waals surface area (Å²) in [7, 11) is 0. The van der Waals surface area contributed by atoms with Crippen LogP contribution in [0.15, 0.2) is 70.8 Å². The zero-order chi connectivity index (χ0) is 27.1. The van der Waals surface area contributed by atoms with Crippen LogP contribution in [0.3, 0.4) is 0 Å². The van der Waals surface area contributed by atoms with Gasteiger partial charge in [-0.2, -0.15) is 17.9 Å². The minimum atomic E-state index is -4.55. The van der Waals surface area contributed by atoms with Crippen LogP contribution in [0.1, 0.15) is 41.6 Å². The van der Waals surface area contributed by atoms with Crippen molar-refractivity contribution in [2.75, 3.05) is 5.73 Å². The van der Waals surface area contributed by atoms with Crippen LogP contribution in [-0.2, 0) is 6.18 Å². The third-order valence-corrected chi connectivity index (χ3v) is 7.93. The van der Waals surface area contributed by atoms with E-state index in [2.05, 4.69) is 20.5 Å². The molecule has 2 N–H and O–H groups in total. The monoisotopic (exact) mass is 549 g/mol. The molecule has 8 nitrogen and oxygen atoms in total. The molecule has 0 bridgehead atoms. The summed E-state index contributed by atoms with van der Waals surface area (Å²) in [6.07, 6.45) is -0.202. The second-order valence-electron chi connectivity index (χ2n) is 10.00. The zero-order valence-electron chi connectivity index (χ0n) is 20.1. The second kappa shape index (κ2) is 8.37. The highest BCUT2D eigenvalue weighted by Gasteiger charge is 2.54. The average molecular weight is 550 g/mol. The van der Waals surface area contributed by atoms with Gasteiger partial charge in [-0.25, -0.2) is 0 Å². The van der Waals surface area contributed by atoms with E-state index in [1.54, 1.807) is 41.1 Å². The molecule has 0 saturated heterocycles. The molecular formula is C27H19ClF3N7O. The number of halogens is 4. The molecule has 2 aromatic carbocycles. The number of hydrogen-bond donors (Lipinski definition) is 1. The highest BCUT2D eigenvalue weighted by molar-refractivity contribution is 6.31. The van der Waals surface area contributed by atoms with Crippen molar-refractivity contribution in [2.24, 2.45) is 10.9 Å². The first-order chi connectivity index (χ1) is 18.7. The third kappa shape index (κ3) is 3.87. The molecule has 3 aliphatic rings. The topological polar surface area (TPSA) is 104 Å². The van der Waals surface area contributed by atoms with E-state index in [4.69, 9.17) is 17.3 Å². The molecule has 3 atom stereocenters. The van der Waals surface area contributed by atoms with Crippen molar-refractivity contribution in [1.29, 1.82) is 0 Å². The number of nitrogens with two attached hydrogens (primary N) is 1. The van der Waals surface area contributed by atoms with E-state index in [-0.39, 0.29) is 29.1 Å². The highest BCUT2D eigenvalue weighted by atomic mass is 35.5. The normalized spacial score (nSPS) is 21.4. The number of hydrogen-bond acceptors (Lipinski definition) is 6. The van der Waals surface area contributed by atoms with Crippen LogP contribution in [0.5, 0.6) is 0 Å². The van der Waals surface area contributed by atoms with Gasteiger partial charge < -0.3 is 10.3 Å². The average Bonchev–Trinajstić information content (AvgIpc) is 3.25. The first-order valence-electron chi connectivity index (χ1n) is 12.2. The Morgan fingerprint density at radius 2 is 1.90 bits per heavy atom. The molecule has 1 saturated carbocycles. The van der Waals surface area contributed by atoms with E-state index in [0.717, 1.165) is 29.5 Å². The standard InChI is InChI=1S/C27H19ClF3N7O/c28-16-2-4-23(37-12-34-35-36-37)17(9-16)14-7-24-18-10-19(18)26(38(24)25(39)8-14)22-6-15(11-33-22)13-1-3-21(32)20(5-13)27(29,30)31/h1-5,7-9,11-12,18-19,26H,6,10,32H2/t18-,19+,26+/m1/s1. The summed E-state index contributed by atoms with van der Waals surface area (Å²) >= 11 is 6.30. The lowest BCUT2D eigenvalue weighted by Gasteiger charge is -2.20. The van der Waals surface area contributed by atoms with Crippen LogP contribution in [0, 0.1) is 5.92 Å². The van der Waals surface area contributed by atoms with Crippen LogP contribution in [0.2, 0.25) is 5.02 Å². The maximum absolute atomic E-state index is 13.5. The van der Waals surface area contributed by atoms with E-state index in [1.165, 1.54) is 17.1 Å². The number of aromatic nitrogens is 5. The Morgan fingerprint density at radius 3 is 2.67 bits per heavy atom. The lowest BCUT2D eigenvalue weighted by atomic mass is 9.96. The number of tetrazole rings is 1. The molecule has 2 aromatic heterocycles. The van der Waals surface area contributed by atoms with Crippen molar-refractivity contribution >= 4 is 28.6 Å². The predicted octanol–water partition coefficient (Wildman–Crippen LogP) is 5.29. The van der Waals surface area contributed by atoms with Crippen molar-refractivity contribution in [3.8, 4) is 16.8 Å². The van der Waals surface area contributed by atoms with Gasteiger partial charge in [0, 0.05) is 52.3 Å². The Hall–Kier alpha value is -4.25. The summed E-state index contributed by atoms with van der Waals surface area (Å²) < 4.78 is 43.5. The lowest BCUT2D eigenvalue weighted by molar-refractivity contribution is -0.136. The molecular weight excluding hydrogens is 531 g/mol. The number of alkyl halides is 3. The second-order valence-corrected chi connectivity index (χ2v) is 10.4. The summed E-state index contributed by atoms with van der Waals surface area (Å²) in [5, 5.41) is 11.9. The van der Waals surface area contributed by atoms with E-state index >= 15 is 0 Å². The van der Waals surface area contributed by atoms with E-state index < -0.39 is 11.7 Å². The van der Waals surface area contributed by atoms with Gasteiger partial charge in [-0.1, -0.05) is 17.7 Å². The smallest absolute Gasteiger partial charge is 0.398 e. The van der Waals surface area contributed by atoms with E-state index in [9.17, 15) is 18.0 Å². The summed E-state index contributed by atoms with van der Waals surface area (Å²) in [5.74, 6) is 0.424. The number of nitrogen functional groups attached to an aromatic ring is 1. The summed E-state index contributed by atoms with van der Waals surface area (Å²) in [4.78, 5) is 18.1. The number of anilines is 1. The molecule has 1 fully saturated rings. The molecule has 2 aliphatic heterocycles. The van der Waals surface area contributed by atoms with Crippen molar-refractivity contribution in [3.05, 3.63) is 93.3 Å². The number of aliphatic imine (C=N–C) groups is 1. The molecule has 196 valence electrons. The fourth-order valence-electron chi connectivity index (χ4n) is 5.85. The first-order valence-corrected chi connectivity index (χ1v) is 12.6. The largest absolute Gasteiger partial charge is 0.418 e. The van der Waals surface area contributed by atoms with Crippen LogP contribution in [0.25, 0.3) is 22.4 Å². The Bertz CT molecular complexity index is 1780. The predicted molar refractivity (Wildman–Crippen MR) is 140 cm³/mol. The fraction of sp³-hybridized carbons (Fsp3) is 0.222. The van der Waals surface area contributed by atoms with Gasteiger partial charge in [0.2, 0.25) is 0 Å². The highest BCUT2D eigenvalue weighted by Crippen LogP contribution is 2.60. The Kier molecular flexibility index (Phi) is 5.12. The van der Waals surface area contributed by atoms with Crippen molar-refractivity contribution < 1.29 is 13.2 Å². The molecule has 4 aromatic rings. The van der Waals surface area contributed by atoms with Crippen molar-refractivity contribution in [1.82, 2.24) is 24.8 Å². The van der Waals surface area contributed by atoms with Crippen LogP contribution >= 0.6 is 11.6 Å². The molecule has 0 unspecified atom stereocenters. The Morgan fingerprint density at radius 1 is 1.05 bits per heavy atom. The molecule has 0 amide bonds. The van der Waals surface area contributed by atoms with Gasteiger partial charge in [-0.15, -0.1) is 5.10 Å². The molecule has 39 heavy (non-hydrogen) atoms. The van der Waals surface area contributed by atoms with Crippen LogP contribution < -0.4 is 11.3 Å². The van der Waals surface area contributed by atoms with E-state index in [1.807, 2.05) is 6.07 Å². The minimum absolute atomic E-state index is 0.176. The molecule has 4 heterocycles. The van der Waals surface area contributed by atoms with E-state index in [0.29, 0.717) is 33.8 Å². The van der Waals surface area contributed by atoms with Gasteiger partial charge in [-0.3, -0.25) is 9.79 Å². The number of nitrogens with zero attached hydrogens (tertiary/aromatic N) is 6. The maximum atomic E-state index is 13.5. The fourth-order valence-corrected chi connectivity index (χ4v) is 6.02. The number of allylic oxidation sites excluding steroid dienone is 1. The van der Waals surface area contributed by atoms with Gasteiger partial charge in [0.15, 0.2) is 0 Å². The van der Waals surface area contributed by atoms with Gasteiger partial charge in [0.1, 0.15) is 6.33 Å². The molecule has 7 rings (SSSR count). The van der Waals surface area contributed by atoms with Crippen LogP contribution in [-0.4, -0.2) is 30.5 Å². The van der Waals surface area contributed by atoms with Gasteiger partial charge >= 0.3 is 6.18 Å². The number of fused-ring (bicyclic) bond motifs is 3. The molecule has 1 aliphatic carbocycles. The van der Waals surface area contributed by atoms with Crippen molar-refractivity contribution in [2.45, 2.75) is 31.0 Å². The van der Waals surface area contributed by atoms with Gasteiger partial charge in [0.05, 0.1) is 17.3 Å².